The maximum absolute atomic E-state index is 5.62. The number of benzene rings is 1. The van der Waals surface area contributed by atoms with Gasteiger partial charge in [-0.3, -0.25) is 0 Å². The third-order valence-corrected chi connectivity index (χ3v) is 2.66. The Morgan fingerprint density at radius 3 is 3.21 bits per heavy atom. The molecule has 1 N–H and O–H groups in total. The van der Waals surface area contributed by atoms with Crippen LogP contribution in [0.3, 0.4) is 0 Å². The number of nitrogens with one attached hydrogen (secondary N) is 1. The summed E-state index contributed by atoms with van der Waals surface area (Å²) in [7, 11) is 0. The molecule has 1 aromatic carbocycles. The van der Waals surface area contributed by atoms with Crippen LogP contribution in [0.15, 0.2) is 48.4 Å². The molecule has 0 aliphatic carbocycles. The van der Waals surface area contributed by atoms with Crippen molar-refractivity contribution in [1.82, 2.24) is 0 Å². The smallest absolute Gasteiger partial charge is 0.148 e. The van der Waals surface area contributed by atoms with E-state index in [1.165, 1.54) is 11.1 Å². The fraction of sp³-hybridized carbons (Fsp3) is 0.167. The largest absolute Gasteiger partial charge is 0.489 e. The Labute approximate surface area is 82.9 Å². The molecule has 0 aromatic heterocycles. The molecular weight excluding hydrogens is 174 g/mol. The van der Waals surface area contributed by atoms with Crippen molar-refractivity contribution >= 4 is 5.69 Å². The van der Waals surface area contributed by atoms with E-state index in [2.05, 4.69) is 23.6 Å². The molecule has 2 heterocycles. The van der Waals surface area contributed by atoms with Gasteiger partial charge in [0.15, 0.2) is 0 Å². The van der Waals surface area contributed by atoms with Gasteiger partial charge in [-0.05, 0) is 24.1 Å². The van der Waals surface area contributed by atoms with Crippen LogP contribution < -0.4 is 5.32 Å². The highest BCUT2D eigenvalue weighted by Gasteiger charge is 2.24. The number of hydrogen-bond acceptors (Lipinski definition) is 2. The first kappa shape index (κ1) is 7.68. The molecule has 2 nitrogen and oxygen atoms in total. The Balaban J connectivity index is 2.10. The third-order valence-electron chi connectivity index (χ3n) is 2.66. The van der Waals surface area contributed by atoms with Crippen molar-refractivity contribution in [1.29, 1.82) is 0 Å². The van der Waals surface area contributed by atoms with Crippen LogP contribution in [0.1, 0.15) is 18.1 Å². The van der Waals surface area contributed by atoms with E-state index in [0.29, 0.717) is 0 Å². The van der Waals surface area contributed by atoms with E-state index in [1.54, 1.807) is 6.26 Å². The van der Waals surface area contributed by atoms with Gasteiger partial charge in [-0.25, -0.2) is 0 Å². The van der Waals surface area contributed by atoms with Crippen LogP contribution in [0.5, 0.6) is 0 Å². The quantitative estimate of drug-likeness (QED) is 0.671. The van der Waals surface area contributed by atoms with Crippen molar-refractivity contribution in [2.45, 2.75) is 12.5 Å². The Morgan fingerprint density at radius 1 is 1.29 bits per heavy atom. The number of hydrogen-bond donors (Lipinski definition) is 1. The fourth-order valence-corrected chi connectivity index (χ4v) is 1.95. The molecule has 1 unspecified atom stereocenters. The zero-order chi connectivity index (χ0) is 9.38. The first-order valence-corrected chi connectivity index (χ1v) is 4.80. The first-order valence-electron chi connectivity index (χ1n) is 4.80. The molecule has 1 aromatic rings. The molecule has 2 aliphatic rings. The van der Waals surface area contributed by atoms with Crippen LogP contribution in [0.25, 0.3) is 0 Å². The van der Waals surface area contributed by atoms with Crippen molar-refractivity contribution in [3.8, 4) is 0 Å². The molecule has 0 fully saturated rings. The average molecular weight is 185 g/mol. The van der Waals surface area contributed by atoms with Crippen LogP contribution >= 0.6 is 0 Å². The predicted molar refractivity (Wildman–Crippen MR) is 55.7 cm³/mol. The second-order valence-electron chi connectivity index (χ2n) is 3.54. The molecule has 2 heteroatoms. The second-order valence-corrected chi connectivity index (χ2v) is 3.54. The Hall–Kier alpha value is -1.70. The summed E-state index contributed by atoms with van der Waals surface area (Å²) in [5, 5.41) is 3.29. The molecular formula is C12H11NO. The highest BCUT2D eigenvalue weighted by atomic mass is 16.5. The molecule has 14 heavy (non-hydrogen) atoms. The van der Waals surface area contributed by atoms with Crippen LogP contribution in [-0.2, 0) is 4.74 Å². The molecule has 0 saturated heterocycles. The monoisotopic (exact) mass is 185 g/mol. The number of fused-ring (bicyclic) bond motifs is 3. The SMILES string of the molecule is C1=COC2C(=CNc3ccccc32)C1. The second kappa shape index (κ2) is 2.91. The van der Waals surface area contributed by atoms with Gasteiger partial charge in [-0.15, -0.1) is 0 Å². The topological polar surface area (TPSA) is 21.3 Å². The van der Waals surface area contributed by atoms with Gasteiger partial charge in [0.25, 0.3) is 0 Å². The van der Waals surface area contributed by atoms with Gasteiger partial charge >= 0.3 is 0 Å². The van der Waals surface area contributed by atoms with Crippen LogP contribution in [0.2, 0.25) is 0 Å². The average Bonchev–Trinajstić information content (AvgIpc) is 2.29. The predicted octanol–water partition coefficient (Wildman–Crippen LogP) is 2.97. The lowest BCUT2D eigenvalue weighted by molar-refractivity contribution is 0.166. The van der Waals surface area contributed by atoms with Crippen molar-refractivity contribution in [3.63, 3.8) is 0 Å². The van der Waals surface area contributed by atoms with Crippen LogP contribution in [-0.4, -0.2) is 0 Å². The van der Waals surface area contributed by atoms with E-state index < -0.39 is 0 Å². The minimum absolute atomic E-state index is 0.123. The molecule has 0 radical (unpaired) electrons. The summed E-state index contributed by atoms with van der Waals surface area (Å²) in [5.74, 6) is 0. The summed E-state index contributed by atoms with van der Waals surface area (Å²) in [4.78, 5) is 0. The highest BCUT2D eigenvalue weighted by Crippen LogP contribution is 2.38. The van der Waals surface area contributed by atoms with Crippen molar-refractivity contribution in [2.75, 3.05) is 5.32 Å². The van der Waals surface area contributed by atoms with E-state index in [9.17, 15) is 0 Å². The van der Waals surface area contributed by atoms with Gasteiger partial charge in [0.1, 0.15) is 6.10 Å². The minimum atomic E-state index is 0.123. The first-order chi connectivity index (χ1) is 6.95. The van der Waals surface area contributed by atoms with E-state index in [0.717, 1.165) is 12.1 Å². The van der Waals surface area contributed by atoms with Crippen molar-refractivity contribution in [2.24, 2.45) is 0 Å². The molecule has 1 atom stereocenters. The lowest BCUT2D eigenvalue weighted by atomic mass is 9.94. The van der Waals surface area contributed by atoms with Gasteiger partial charge in [0.05, 0.1) is 6.26 Å². The summed E-state index contributed by atoms with van der Waals surface area (Å²) >= 11 is 0. The normalized spacial score (nSPS) is 22.6. The standard InChI is InChI=1S/C12H11NO/c1-2-6-11-10(5-1)12-9(8-13-11)4-3-7-14-12/h1-3,5-8,12-13H,4H2. The Kier molecular flexibility index (Phi) is 1.60. The molecule has 3 rings (SSSR count). The van der Waals surface area contributed by atoms with Gasteiger partial charge < -0.3 is 10.1 Å². The minimum Gasteiger partial charge on any atom is -0.489 e. The summed E-state index contributed by atoms with van der Waals surface area (Å²) < 4.78 is 5.62. The number of para-hydroxylation sites is 1. The zero-order valence-electron chi connectivity index (χ0n) is 7.73. The number of allylic oxidation sites excluding steroid dienone is 1. The fourth-order valence-electron chi connectivity index (χ4n) is 1.95. The third kappa shape index (κ3) is 1.04. The van der Waals surface area contributed by atoms with Gasteiger partial charge in [-0.2, -0.15) is 0 Å². The number of rotatable bonds is 0. The highest BCUT2D eigenvalue weighted by molar-refractivity contribution is 5.59. The van der Waals surface area contributed by atoms with Gasteiger partial charge in [-0.1, -0.05) is 18.2 Å². The summed E-state index contributed by atoms with van der Waals surface area (Å²) in [6, 6.07) is 8.26. The number of anilines is 1. The lowest BCUT2D eigenvalue weighted by Crippen LogP contribution is -2.15. The zero-order valence-corrected chi connectivity index (χ0v) is 7.73. The summed E-state index contributed by atoms with van der Waals surface area (Å²) in [5.41, 5.74) is 3.68. The van der Waals surface area contributed by atoms with Gasteiger partial charge in [0, 0.05) is 17.5 Å². The molecule has 70 valence electrons. The number of ether oxygens (including phenoxy) is 1. The van der Waals surface area contributed by atoms with Crippen molar-refractivity contribution < 1.29 is 4.74 Å². The molecule has 2 aliphatic heterocycles. The van der Waals surface area contributed by atoms with E-state index in [4.69, 9.17) is 4.74 Å². The van der Waals surface area contributed by atoms with Crippen LogP contribution in [0, 0.1) is 0 Å². The maximum atomic E-state index is 5.62. The summed E-state index contributed by atoms with van der Waals surface area (Å²) in [6.07, 6.45) is 6.99. The lowest BCUT2D eigenvalue weighted by Gasteiger charge is -2.28. The summed E-state index contributed by atoms with van der Waals surface area (Å²) in [6.45, 7) is 0. The maximum Gasteiger partial charge on any atom is 0.148 e. The Bertz CT molecular complexity index is 420. The molecule has 0 spiro atoms. The molecule has 0 bridgehead atoms. The molecule has 0 saturated carbocycles. The van der Waals surface area contributed by atoms with E-state index in [1.807, 2.05) is 18.2 Å². The molecule has 0 amide bonds. The van der Waals surface area contributed by atoms with Crippen molar-refractivity contribution in [3.05, 3.63) is 53.9 Å². The van der Waals surface area contributed by atoms with E-state index in [-0.39, 0.29) is 6.10 Å². The van der Waals surface area contributed by atoms with E-state index >= 15 is 0 Å². The Morgan fingerprint density at radius 2 is 2.21 bits per heavy atom. The van der Waals surface area contributed by atoms with Crippen LogP contribution in [0.4, 0.5) is 5.69 Å². The van der Waals surface area contributed by atoms with Gasteiger partial charge in [0.2, 0.25) is 0 Å².